The molecule has 0 N–H and O–H groups in total. The number of methoxy groups -OCH3 is 1. The van der Waals surface area contributed by atoms with Crippen molar-refractivity contribution in [1.82, 2.24) is 9.91 Å². The Labute approximate surface area is 190 Å². The van der Waals surface area contributed by atoms with Crippen molar-refractivity contribution in [1.29, 1.82) is 0 Å². The van der Waals surface area contributed by atoms with Crippen LogP contribution in [0.3, 0.4) is 0 Å². The highest BCUT2D eigenvalue weighted by Crippen LogP contribution is 2.34. The zero-order valence-electron chi connectivity index (χ0n) is 18.4. The third-order valence-corrected chi connectivity index (χ3v) is 5.36. The fraction of sp³-hybridized carbons (Fsp3) is 0.348. The SMILES string of the molecule is CCC(=O)N(CCOC)CC(=O)N1N=C(c2ccc(F)cc2)C[C@@H]1c1cccc([N+](=O)[O-])c1. The molecule has 1 aliphatic rings. The van der Waals surface area contributed by atoms with Crippen LogP contribution >= 0.6 is 0 Å². The van der Waals surface area contributed by atoms with Crippen molar-refractivity contribution in [2.75, 3.05) is 26.8 Å². The standard InChI is InChI=1S/C23H25FN4O5/c1-3-22(29)26(11-12-33-2)15-23(30)27-21(17-5-4-6-19(13-17)28(31)32)14-20(25-27)16-7-9-18(24)10-8-16/h4-10,13,21H,3,11-12,14-15H2,1-2H3/t21-/m1/s1. The van der Waals surface area contributed by atoms with Crippen LogP contribution in [0.5, 0.6) is 0 Å². The molecule has 174 valence electrons. The number of carbonyl (C=O) groups is 2. The predicted octanol–water partition coefficient (Wildman–Crippen LogP) is 3.30. The number of hydrazone groups is 1. The Morgan fingerprint density at radius 3 is 2.64 bits per heavy atom. The minimum atomic E-state index is -0.599. The van der Waals surface area contributed by atoms with Gasteiger partial charge in [-0.2, -0.15) is 5.10 Å². The summed E-state index contributed by atoms with van der Waals surface area (Å²) in [5.74, 6) is -1.02. The zero-order chi connectivity index (χ0) is 24.0. The molecule has 9 nitrogen and oxygen atoms in total. The van der Waals surface area contributed by atoms with Gasteiger partial charge in [0.1, 0.15) is 12.4 Å². The van der Waals surface area contributed by atoms with E-state index in [0.29, 0.717) is 23.3 Å². The fourth-order valence-electron chi connectivity index (χ4n) is 3.62. The molecule has 33 heavy (non-hydrogen) atoms. The number of hydrogen-bond donors (Lipinski definition) is 0. The Hall–Kier alpha value is -3.66. The van der Waals surface area contributed by atoms with Crippen LogP contribution in [0.15, 0.2) is 53.6 Å². The molecule has 1 aliphatic heterocycles. The van der Waals surface area contributed by atoms with Crippen LogP contribution in [0.1, 0.15) is 36.9 Å². The molecule has 3 rings (SSSR count). The molecule has 0 fully saturated rings. The number of benzene rings is 2. The van der Waals surface area contributed by atoms with Crippen LogP contribution in [-0.4, -0.2) is 59.2 Å². The molecular formula is C23H25FN4O5. The topological polar surface area (TPSA) is 105 Å². The summed E-state index contributed by atoms with van der Waals surface area (Å²) in [6, 6.07) is 11.2. The Balaban J connectivity index is 1.93. The third kappa shape index (κ3) is 5.78. The lowest BCUT2D eigenvalue weighted by atomic mass is 9.98. The number of hydrogen-bond acceptors (Lipinski definition) is 6. The average molecular weight is 456 g/mol. The molecule has 1 atom stereocenters. The lowest BCUT2D eigenvalue weighted by molar-refractivity contribution is -0.385. The second kappa shape index (κ2) is 10.8. The first kappa shape index (κ1) is 24.0. The Morgan fingerprint density at radius 2 is 2.00 bits per heavy atom. The number of halogens is 1. The number of rotatable bonds is 9. The summed E-state index contributed by atoms with van der Waals surface area (Å²) < 4.78 is 18.4. The molecule has 2 aromatic carbocycles. The van der Waals surface area contributed by atoms with Crippen LogP contribution in [0.25, 0.3) is 0 Å². The molecule has 0 spiro atoms. The van der Waals surface area contributed by atoms with Gasteiger partial charge >= 0.3 is 0 Å². The summed E-state index contributed by atoms with van der Waals surface area (Å²) in [5, 5.41) is 17.0. The van der Waals surface area contributed by atoms with Gasteiger partial charge in [0, 0.05) is 38.6 Å². The van der Waals surface area contributed by atoms with Crippen molar-refractivity contribution < 1.29 is 23.6 Å². The predicted molar refractivity (Wildman–Crippen MR) is 119 cm³/mol. The van der Waals surface area contributed by atoms with Crippen LogP contribution in [0.4, 0.5) is 10.1 Å². The second-order valence-electron chi connectivity index (χ2n) is 7.53. The highest BCUT2D eigenvalue weighted by atomic mass is 19.1. The molecule has 0 aromatic heterocycles. The van der Waals surface area contributed by atoms with Crippen LogP contribution in [0.2, 0.25) is 0 Å². The summed E-state index contributed by atoms with van der Waals surface area (Å²) >= 11 is 0. The Morgan fingerprint density at radius 1 is 1.27 bits per heavy atom. The normalized spacial score (nSPS) is 15.3. The maximum atomic E-state index is 13.4. The van der Waals surface area contributed by atoms with E-state index in [0.717, 1.165) is 0 Å². The summed E-state index contributed by atoms with van der Waals surface area (Å²) in [6.07, 6.45) is 0.522. The van der Waals surface area contributed by atoms with Gasteiger partial charge in [-0.1, -0.05) is 31.2 Å². The van der Waals surface area contributed by atoms with E-state index < -0.39 is 22.7 Å². The lowest BCUT2D eigenvalue weighted by Gasteiger charge is -2.26. The molecule has 0 saturated carbocycles. The largest absolute Gasteiger partial charge is 0.383 e. The maximum absolute atomic E-state index is 13.4. The minimum absolute atomic E-state index is 0.0991. The molecule has 10 heteroatoms. The Bertz CT molecular complexity index is 1060. The first-order valence-electron chi connectivity index (χ1n) is 10.5. The molecule has 0 bridgehead atoms. The van der Waals surface area contributed by atoms with Crippen LogP contribution in [-0.2, 0) is 14.3 Å². The monoisotopic (exact) mass is 456 g/mol. The Kier molecular flexibility index (Phi) is 7.83. The number of nitro benzene ring substituents is 1. The first-order valence-corrected chi connectivity index (χ1v) is 10.5. The van der Waals surface area contributed by atoms with E-state index in [2.05, 4.69) is 5.10 Å². The molecule has 2 amide bonds. The number of nitro groups is 1. The summed E-state index contributed by atoms with van der Waals surface area (Å²) in [4.78, 5) is 37.7. The second-order valence-corrected chi connectivity index (χ2v) is 7.53. The number of amides is 2. The van der Waals surface area contributed by atoms with Gasteiger partial charge in [0.15, 0.2) is 0 Å². The van der Waals surface area contributed by atoms with Crippen LogP contribution < -0.4 is 0 Å². The van der Waals surface area contributed by atoms with E-state index in [9.17, 15) is 24.1 Å². The van der Waals surface area contributed by atoms with Gasteiger partial charge < -0.3 is 9.64 Å². The fourth-order valence-corrected chi connectivity index (χ4v) is 3.62. The van der Waals surface area contributed by atoms with E-state index in [1.807, 2.05) is 0 Å². The molecule has 0 saturated heterocycles. The van der Waals surface area contributed by atoms with E-state index >= 15 is 0 Å². The highest BCUT2D eigenvalue weighted by molar-refractivity contribution is 6.03. The van der Waals surface area contributed by atoms with E-state index in [1.54, 1.807) is 31.2 Å². The van der Waals surface area contributed by atoms with Gasteiger partial charge in [-0.3, -0.25) is 19.7 Å². The number of non-ortho nitro benzene ring substituents is 1. The summed E-state index contributed by atoms with van der Waals surface area (Å²) in [5.41, 5.74) is 1.63. The van der Waals surface area contributed by atoms with Crippen LogP contribution in [0, 0.1) is 15.9 Å². The lowest BCUT2D eigenvalue weighted by Crippen LogP contribution is -2.42. The zero-order valence-corrected chi connectivity index (χ0v) is 18.4. The molecule has 0 aliphatic carbocycles. The number of ether oxygens (including phenoxy) is 1. The van der Waals surface area contributed by atoms with Crippen molar-refractivity contribution in [2.45, 2.75) is 25.8 Å². The van der Waals surface area contributed by atoms with Gasteiger partial charge in [0.25, 0.3) is 11.6 Å². The van der Waals surface area contributed by atoms with Crippen molar-refractivity contribution >= 4 is 23.2 Å². The van der Waals surface area contributed by atoms with Gasteiger partial charge in [0.05, 0.1) is 23.3 Å². The number of carbonyl (C=O) groups excluding carboxylic acids is 2. The van der Waals surface area contributed by atoms with E-state index in [1.165, 1.54) is 41.3 Å². The summed E-state index contributed by atoms with van der Waals surface area (Å²) in [6.45, 7) is 2.02. The minimum Gasteiger partial charge on any atom is -0.383 e. The van der Waals surface area contributed by atoms with Gasteiger partial charge in [-0.05, 0) is 23.3 Å². The van der Waals surface area contributed by atoms with Crippen molar-refractivity contribution in [2.24, 2.45) is 5.10 Å². The van der Waals surface area contributed by atoms with E-state index in [4.69, 9.17) is 4.74 Å². The molecular weight excluding hydrogens is 431 g/mol. The van der Waals surface area contributed by atoms with Crippen molar-refractivity contribution in [3.8, 4) is 0 Å². The first-order chi connectivity index (χ1) is 15.8. The van der Waals surface area contributed by atoms with Crippen molar-refractivity contribution in [3.63, 3.8) is 0 Å². The van der Waals surface area contributed by atoms with Gasteiger partial charge in [-0.25, -0.2) is 9.40 Å². The molecule has 0 unspecified atom stereocenters. The highest BCUT2D eigenvalue weighted by Gasteiger charge is 2.34. The quantitative estimate of drug-likeness (QED) is 0.425. The van der Waals surface area contributed by atoms with Gasteiger partial charge in [-0.15, -0.1) is 0 Å². The molecule has 0 radical (unpaired) electrons. The van der Waals surface area contributed by atoms with Crippen molar-refractivity contribution in [3.05, 3.63) is 75.6 Å². The maximum Gasteiger partial charge on any atom is 0.269 e. The average Bonchev–Trinajstić information content (AvgIpc) is 3.27. The summed E-state index contributed by atoms with van der Waals surface area (Å²) in [7, 11) is 1.51. The molecule has 1 heterocycles. The number of nitrogens with zero attached hydrogens (tertiary/aromatic N) is 4. The smallest absolute Gasteiger partial charge is 0.269 e. The van der Waals surface area contributed by atoms with E-state index in [-0.39, 0.29) is 37.7 Å². The third-order valence-electron chi connectivity index (χ3n) is 5.36. The molecule has 2 aromatic rings. The van der Waals surface area contributed by atoms with Gasteiger partial charge in [0.2, 0.25) is 5.91 Å².